The zero-order chi connectivity index (χ0) is 79.3. The fourth-order valence-electron chi connectivity index (χ4n) is 13.9. The fourth-order valence-corrected chi connectivity index (χ4v) is 15.5. The monoisotopic (exact) mass is 1580 g/mol. The van der Waals surface area contributed by atoms with Gasteiger partial charge >= 0.3 is 39.5 Å². The average molecular weight is 1580 g/mol. The van der Waals surface area contributed by atoms with Crippen LogP contribution in [0.1, 0.15) is 472 Å². The summed E-state index contributed by atoms with van der Waals surface area (Å²) in [5, 5.41) is 10.7. The van der Waals surface area contributed by atoms with Crippen molar-refractivity contribution in [3.63, 3.8) is 0 Å². The van der Waals surface area contributed by atoms with Gasteiger partial charge in [0.05, 0.1) is 26.4 Å². The molecule has 0 rings (SSSR count). The molecule has 0 saturated carbocycles. The molecule has 0 aromatic rings. The van der Waals surface area contributed by atoms with Crippen molar-refractivity contribution in [3.05, 3.63) is 0 Å². The van der Waals surface area contributed by atoms with Crippen molar-refractivity contribution < 1.29 is 80.2 Å². The Kier molecular flexibility index (Phi) is 77.5. The number of hydrogen-bond acceptors (Lipinski definition) is 15. The largest absolute Gasteiger partial charge is 0.472 e. The summed E-state index contributed by atoms with van der Waals surface area (Å²) < 4.78 is 69.0. The van der Waals surface area contributed by atoms with Crippen LogP contribution in [0.4, 0.5) is 0 Å². The van der Waals surface area contributed by atoms with Crippen LogP contribution in [0.15, 0.2) is 0 Å². The van der Waals surface area contributed by atoms with Gasteiger partial charge < -0.3 is 33.8 Å². The summed E-state index contributed by atoms with van der Waals surface area (Å²) in [5.41, 5.74) is 0. The third-order valence-electron chi connectivity index (χ3n) is 20.9. The lowest BCUT2D eigenvalue weighted by atomic mass is 10.0. The van der Waals surface area contributed by atoms with E-state index in [9.17, 15) is 43.2 Å². The number of unbranched alkanes of at least 4 members (excludes halogenated alkanes) is 55. The highest BCUT2D eigenvalue weighted by atomic mass is 31.2. The first-order valence-corrected chi connectivity index (χ1v) is 48.8. The minimum absolute atomic E-state index is 0.108. The zero-order valence-electron chi connectivity index (χ0n) is 71.3. The smallest absolute Gasteiger partial charge is 0.462 e. The predicted molar refractivity (Wildman–Crippen MR) is 446 cm³/mol. The second kappa shape index (κ2) is 78.9. The number of esters is 4. The Morgan fingerprint density at radius 1 is 0.250 bits per heavy atom. The van der Waals surface area contributed by atoms with E-state index in [1.165, 1.54) is 283 Å². The summed E-state index contributed by atoms with van der Waals surface area (Å²) in [5.74, 6) is 0.255. The van der Waals surface area contributed by atoms with Crippen LogP contribution in [0, 0.1) is 17.8 Å². The molecule has 0 bridgehead atoms. The van der Waals surface area contributed by atoms with E-state index in [0.717, 1.165) is 108 Å². The molecule has 0 amide bonds. The minimum atomic E-state index is -4.97. The summed E-state index contributed by atoms with van der Waals surface area (Å²) in [7, 11) is -9.93. The van der Waals surface area contributed by atoms with Crippen LogP contribution in [-0.4, -0.2) is 96.7 Å². The quantitative estimate of drug-likeness (QED) is 0.0222. The topological polar surface area (TPSA) is 237 Å². The SMILES string of the molecule is CCCCCCCCCCCCCCCCCCCCCC(=O)OC[C@H](COP(=O)(O)OC[C@@H](O)COP(=O)(O)OC[C@@H](COC(=O)CCCCCCCCCCCC(C)C)OC(=O)CCCCCCCCCCCCCCCCCC(C)C)OC(=O)CCCCCCCCCCCCCCCCCCC(C)C. The molecule has 0 heterocycles. The summed E-state index contributed by atoms with van der Waals surface area (Å²) in [4.78, 5) is 73.4. The lowest BCUT2D eigenvalue weighted by Gasteiger charge is -2.21. The number of carbonyl (C=O) groups is 4. The van der Waals surface area contributed by atoms with Crippen molar-refractivity contribution in [3.8, 4) is 0 Å². The number of phosphoric acid groups is 2. The molecule has 19 heteroatoms. The van der Waals surface area contributed by atoms with Crippen molar-refractivity contribution in [1.29, 1.82) is 0 Å². The van der Waals surface area contributed by atoms with Crippen molar-refractivity contribution in [1.82, 2.24) is 0 Å². The summed E-state index contributed by atoms with van der Waals surface area (Å²) in [6, 6.07) is 0. The van der Waals surface area contributed by atoms with Crippen molar-refractivity contribution in [2.24, 2.45) is 17.8 Å². The van der Waals surface area contributed by atoms with Gasteiger partial charge in [-0.15, -0.1) is 0 Å². The van der Waals surface area contributed by atoms with E-state index in [4.69, 9.17) is 37.0 Å². The predicted octanol–water partition coefficient (Wildman–Crippen LogP) is 27.3. The first-order chi connectivity index (χ1) is 52.2. The highest BCUT2D eigenvalue weighted by molar-refractivity contribution is 7.47. The molecule has 0 aliphatic rings. The zero-order valence-corrected chi connectivity index (χ0v) is 73.1. The average Bonchev–Trinajstić information content (AvgIpc) is 1.58. The maximum atomic E-state index is 13.2. The number of phosphoric ester groups is 2. The highest BCUT2D eigenvalue weighted by Crippen LogP contribution is 2.45. The van der Waals surface area contributed by atoms with E-state index in [-0.39, 0.29) is 25.7 Å². The van der Waals surface area contributed by atoms with Crippen LogP contribution in [0.3, 0.4) is 0 Å². The molecule has 108 heavy (non-hydrogen) atoms. The van der Waals surface area contributed by atoms with E-state index >= 15 is 0 Å². The number of aliphatic hydroxyl groups is 1. The van der Waals surface area contributed by atoms with Gasteiger partial charge in [-0.1, -0.05) is 421 Å². The number of ether oxygens (including phenoxy) is 4. The molecule has 0 aliphatic carbocycles. The molecule has 2 unspecified atom stereocenters. The van der Waals surface area contributed by atoms with Crippen LogP contribution >= 0.6 is 15.6 Å². The molecule has 0 aliphatic heterocycles. The second-order valence-electron chi connectivity index (χ2n) is 33.4. The maximum absolute atomic E-state index is 13.2. The molecule has 3 N–H and O–H groups in total. The Balaban J connectivity index is 5.26. The third kappa shape index (κ3) is 82.1. The van der Waals surface area contributed by atoms with Gasteiger partial charge in [-0.2, -0.15) is 0 Å². The fraction of sp³-hybridized carbons (Fsp3) is 0.955. The van der Waals surface area contributed by atoms with Gasteiger partial charge in [-0.3, -0.25) is 37.3 Å². The number of rotatable bonds is 87. The summed E-state index contributed by atoms with van der Waals surface area (Å²) >= 11 is 0. The Morgan fingerprint density at radius 2 is 0.426 bits per heavy atom. The molecule has 0 fully saturated rings. The molecule has 0 saturated heterocycles. The molecule has 0 aromatic heterocycles. The lowest BCUT2D eigenvalue weighted by Crippen LogP contribution is -2.30. The Morgan fingerprint density at radius 3 is 0.630 bits per heavy atom. The first kappa shape index (κ1) is 106. The Hall–Kier alpha value is -1.94. The van der Waals surface area contributed by atoms with Gasteiger partial charge in [0, 0.05) is 25.7 Å². The van der Waals surface area contributed by atoms with Crippen LogP contribution in [0.5, 0.6) is 0 Å². The van der Waals surface area contributed by atoms with Crippen molar-refractivity contribution in [2.75, 3.05) is 39.6 Å². The molecule has 0 spiro atoms. The lowest BCUT2D eigenvalue weighted by molar-refractivity contribution is -0.161. The van der Waals surface area contributed by atoms with Crippen LogP contribution in [-0.2, 0) is 65.4 Å². The first-order valence-electron chi connectivity index (χ1n) is 45.8. The van der Waals surface area contributed by atoms with Crippen LogP contribution in [0.2, 0.25) is 0 Å². The molecular weight excluding hydrogens is 1400 g/mol. The second-order valence-corrected chi connectivity index (χ2v) is 36.3. The number of carbonyl (C=O) groups excluding carboxylic acids is 4. The highest BCUT2D eigenvalue weighted by Gasteiger charge is 2.31. The molecule has 17 nitrogen and oxygen atoms in total. The minimum Gasteiger partial charge on any atom is -0.462 e. The van der Waals surface area contributed by atoms with E-state index in [1.807, 2.05) is 0 Å². The van der Waals surface area contributed by atoms with Crippen molar-refractivity contribution >= 4 is 39.5 Å². The molecule has 642 valence electrons. The number of hydrogen-bond donors (Lipinski definition) is 3. The van der Waals surface area contributed by atoms with Crippen molar-refractivity contribution in [2.45, 2.75) is 491 Å². The van der Waals surface area contributed by atoms with E-state index in [2.05, 4.69) is 48.5 Å². The van der Waals surface area contributed by atoms with Gasteiger partial charge in [0.1, 0.15) is 19.3 Å². The summed E-state index contributed by atoms with van der Waals surface area (Å²) in [6.45, 7) is 12.0. The molecule has 0 radical (unpaired) electrons. The maximum Gasteiger partial charge on any atom is 0.472 e. The van der Waals surface area contributed by atoms with Gasteiger partial charge in [-0.05, 0) is 43.4 Å². The summed E-state index contributed by atoms with van der Waals surface area (Å²) in [6.07, 6.45) is 70.8. The normalized spacial score (nSPS) is 13.8. The standard InChI is InChI=1S/C89H174O17P2/c1-8-9-10-11-12-13-14-15-16-17-18-19-25-30-35-42-49-56-63-70-86(91)99-76-84(105-88(93)72-65-58-51-43-36-31-26-21-20-23-28-33-39-46-53-60-67-80(2)3)78-103-107(95,96)101-74-83(90)75-102-108(97,98)104-79-85(77-100-87(92)71-64-57-50-45-38-41-48-55-62-69-82(6)7)106-89(94)73-66-59-52-44-37-32-27-22-24-29-34-40-47-54-61-68-81(4)5/h80-85,90H,8-79H2,1-7H3,(H,95,96)(H,97,98)/t83-,84-,85-/m1/s1. The van der Waals surface area contributed by atoms with E-state index in [0.29, 0.717) is 25.7 Å². The Bertz CT molecular complexity index is 2080. The third-order valence-corrected chi connectivity index (χ3v) is 22.8. The van der Waals surface area contributed by atoms with Gasteiger partial charge in [0.2, 0.25) is 0 Å². The van der Waals surface area contributed by atoms with Gasteiger partial charge in [-0.25, -0.2) is 9.13 Å². The van der Waals surface area contributed by atoms with E-state index in [1.54, 1.807) is 0 Å². The molecular formula is C89H174O17P2. The van der Waals surface area contributed by atoms with Gasteiger partial charge in [0.25, 0.3) is 0 Å². The van der Waals surface area contributed by atoms with E-state index < -0.39 is 97.5 Å². The van der Waals surface area contributed by atoms with Gasteiger partial charge in [0.15, 0.2) is 12.2 Å². The molecule has 5 atom stereocenters. The number of aliphatic hydroxyl groups excluding tert-OH is 1. The van der Waals surface area contributed by atoms with Crippen LogP contribution < -0.4 is 0 Å². The van der Waals surface area contributed by atoms with Crippen LogP contribution in [0.25, 0.3) is 0 Å². The Labute approximate surface area is 664 Å². The molecule has 0 aromatic carbocycles.